The fourth-order valence-corrected chi connectivity index (χ4v) is 3.52. The SMILES string of the molecule is CC(=O)Oc1ccc(OC(C)=O)c(CC=C(C)CCC=C(C)CCC=C(CCC=C(C)C)C(=O)O)c1. The second kappa shape index (κ2) is 16.3. The van der Waals surface area contributed by atoms with E-state index in [1.165, 1.54) is 30.6 Å². The van der Waals surface area contributed by atoms with Crippen LogP contribution in [-0.2, 0) is 20.8 Å². The Bertz CT molecular complexity index is 1040. The molecule has 1 aromatic carbocycles. The molecule has 0 radical (unpaired) electrons. The number of benzene rings is 1. The highest BCUT2D eigenvalue weighted by Crippen LogP contribution is 2.26. The Labute approximate surface area is 215 Å². The topological polar surface area (TPSA) is 89.9 Å². The van der Waals surface area contributed by atoms with Gasteiger partial charge in [0, 0.05) is 25.0 Å². The van der Waals surface area contributed by atoms with E-state index >= 15 is 0 Å². The number of carboxylic acids is 1. The maximum atomic E-state index is 11.4. The van der Waals surface area contributed by atoms with Crippen molar-refractivity contribution >= 4 is 17.9 Å². The Morgan fingerprint density at radius 1 is 0.750 bits per heavy atom. The Kier molecular flexibility index (Phi) is 13.9. The van der Waals surface area contributed by atoms with Crippen LogP contribution in [0.25, 0.3) is 0 Å². The number of carbonyl (C=O) groups is 3. The van der Waals surface area contributed by atoms with Crippen molar-refractivity contribution in [1.82, 2.24) is 0 Å². The monoisotopic (exact) mass is 496 g/mol. The molecule has 0 unspecified atom stereocenters. The molecule has 6 heteroatoms. The first-order valence-corrected chi connectivity index (χ1v) is 12.3. The molecular weight excluding hydrogens is 456 g/mol. The van der Waals surface area contributed by atoms with Crippen molar-refractivity contribution < 1.29 is 29.0 Å². The van der Waals surface area contributed by atoms with E-state index in [9.17, 15) is 19.5 Å². The number of hydrogen-bond donors (Lipinski definition) is 1. The average molecular weight is 497 g/mol. The molecule has 196 valence electrons. The number of carboxylic acid groups (broad SMARTS) is 1. The van der Waals surface area contributed by atoms with E-state index < -0.39 is 17.9 Å². The molecule has 0 spiro atoms. The van der Waals surface area contributed by atoms with Crippen molar-refractivity contribution in [3.63, 3.8) is 0 Å². The molecule has 0 bridgehead atoms. The standard InChI is InChI=1S/C30H40O6/c1-21(2)10-7-14-26(30(33)34)15-9-13-22(3)11-8-12-23(4)16-17-27-20-28(35-24(5)31)18-19-29(27)36-25(6)32/h10-11,15-16,18-20H,7-9,12-14,17H2,1-6H3,(H,33,34). The Hall–Kier alpha value is -3.41. The highest BCUT2D eigenvalue weighted by Gasteiger charge is 2.09. The molecule has 0 amide bonds. The molecule has 0 fully saturated rings. The summed E-state index contributed by atoms with van der Waals surface area (Å²) in [5, 5.41) is 9.40. The average Bonchev–Trinajstić information content (AvgIpc) is 2.77. The summed E-state index contributed by atoms with van der Waals surface area (Å²) in [7, 11) is 0. The molecule has 0 aliphatic carbocycles. The number of esters is 2. The Morgan fingerprint density at radius 3 is 1.92 bits per heavy atom. The number of aliphatic carboxylic acids is 1. The first-order valence-electron chi connectivity index (χ1n) is 12.3. The first kappa shape index (κ1) is 30.6. The fourth-order valence-electron chi connectivity index (χ4n) is 3.52. The second-order valence-electron chi connectivity index (χ2n) is 9.19. The van der Waals surface area contributed by atoms with Gasteiger partial charge in [-0.1, -0.05) is 41.0 Å². The summed E-state index contributed by atoms with van der Waals surface area (Å²) in [6, 6.07) is 4.95. The number of allylic oxidation sites excluding steroid dienone is 7. The molecule has 36 heavy (non-hydrogen) atoms. The van der Waals surface area contributed by atoms with Gasteiger partial charge >= 0.3 is 17.9 Å². The minimum Gasteiger partial charge on any atom is -0.478 e. The third-order valence-corrected chi connectivity index (χ3v) is 5.42. The van der Waals surface area contributed by atoms with Gasteiger partial charge in [-0.3, -0.25) is 9.59 Å². The van der Waals surface area contributed by atoms with Gasteiger partial charge in [0.1, 0.15) is 11.5 Å². The summed E-state index contributed by atoms with van der Waals surface area (Å²) in [4.78, 5) is 34.1. The van der Waals surface area contributed by atoms with Crippen LogP contribution < -0.4 is 9.47 Å². The zero-order valence-electron chi connectivity index (χ0n) is 22.5. The smallest absolute Gasteiger partial charge is 0.331 e. The van der Waals surface area contributed by atoms with Crippen LogP contribution in [0.5, 0.6) is 11.5 Å². The van der Waals surface area contributed by atoms with Gasteiger partial charge in [-0.2, -0.15) is 0 Å². The van der Waals surface area contributed by atoms with Crippen LogP contribution in [0.2, 0.25) is 0 Å². The number of hydrogen-bond acceptors (Lipinski definition) is 5. The summed E-state index contributed by atoms with van der Waals surface area (Å²) < 4.78 is 10.4. The quantitative estimate of drug-likeness (QED) is 0.126. The second-order valence-corrected chi connectivity index (χ2v) is 9.19. The van der Waals surface area contributed by atoms with Crippen LogP contribution in [0, 0.1) is 0 Å². The maximum absolute atomic E-state index is 11.4. The molecule has 0 heterocycles. The van der Waals surface area contributed by atoms with Crippen LogP contribution in [0.1, 0.15) is 85.6 Å². The van der Waals surface area contributed by atoms with Crippen LogP contribution in [0.3, 0.4) is 0 Å². The molecule has 0 saturated carbocycles. The van der Waals surface area contributed by atoms with Crippen molar-refractivity contribution in [3.05, 3.63) is 70.4 Å². The van der Waals surface area contributed by atoms with Crippen molar-refractivity contribution in [3.8, 4) is 11.5 Å². The maximum Gasteiger partial charge on any atom is 0.331 e. The molecule has 0 saturated heterocycles. The number of carbonyl (C=O) groups excluding carboxylic acids is 2. The summed E-state index contributed by atoms with van der Waals surface area (Å²) in [6.45, 7) is 10.8. The lowest BCUT2D eigenvalue weighted by Gasteiger charge is -2.10. The van der Waals surface area contributed by atoms with Gasteiger partial charge < -0.3 is 14.6 Å². The lowest BCUT2D eigenvalue weighted by Crippen LogP contribution is -2.06. The van der Waals surface area contributed by atoms with E-state index in [2.05, 4.69) is 32.1 Å². The molecule has 0 aliphatic heterocycles. The predicted molar refractivity (Wildman–Crippen MR) is 143 cm³/mol. The third kappa shape index (κ3) is 13.5. The molecule has 0 atom stereocenters. The van der Waals surface area contributed by atoms with Crippen LogP contribution in [-0.4, -0.2) is 23.0 Å². The van der Waals surface area contributed by atoms with Gasteiger partial charge in [0.15, 0.2) is 0 Å². The van der Waals surface area contributed by atoms with Crippen LogP contribution in [0.4, 0.5) is 0 Å². The highest BCUT2D eigenvalue weighted by atomic mass is 16.5. The molecule has 1 N–H and O–H groups in total. The summed E-state index contributed by atoms with van der Waals surface area (Å²) >= 11 is 0. The van der Waals surface area contributed by atoms with E-state index in [0.717, 1.165) is 31.2 Å². The fraction of sp³-hybridized carbons (Fsp3) is 0.433. The van der Waals surface area contributed by atoms with E-state index in [1.54, 1.807) is 18.2 Å². The summed E-state index contributed by atoms with van der Waals surface area (Å²) in [5.41, 5.74) is 4.87. The first-order chi connectivity index (χ1) is 17.0. The van der Waals surface area contributed by atoms with Crippen LogP contribution in [0.15, 0.2) is 64.8 Å². The van der Waals surface area contributed by atoms with E-state index in [-0.39, 0.29) is 0 Å². The van der Waals surface area contributed by atoms with Gasteiger partial charge in [0.25, 0.3) is 0 Å². The Morgan fingerprint density at radius 2 is 1.33 bits per heavy atom. The largest absolute Gasteiger partial charge is 0.478 e. The molecular formula is C30H40O6. The normalized spacial score (nSPS) is 12.2. The van der Waals surface area contributed by atoms with E-state index in [1.807, 2.05) is 19.9 Å². The van der Waals surface area contributed by atoms with Gasteiger partial charge in [-0.25, -0.2) is 4.79 Å². The van der Waals surface area contributed by atoms with Crippen molar-refractivity contribution in [2.75, 3.05) is 0 Å². The highest BCUT2D eigenvalue weighted by molar-refractivity contribution is 5.86. The zero-order chi connectivity index (χ0) is 27.1. The van der Waals surface area contributed by atoms with Gasteiger partial charge in [-0.15, -0.1) is 0 Å². The molecule has 6 nitrogen and oxygen atoms in total. The van der Waals surface area contributed by atoms with Gasteiger partial charge in [0.2, 0.25) is 0 Å². The summed E-state index contributed by atoms with van der Waals surface area (Å²) in [5.74, 6) is -0.790. The summed E-state index contributed by atoms with van der Waals surface area (Å²) in [6.07, 6.45) is 13.3. The molecule has 1 rings (SSSR count). The molecule has 0 aromatic heterocycles. The predicted octanol–water partition coefficient (Wildman–Crippen LogP) is 7.29. The Balaban J connectivity index is 2.66. The van der Waals surface area contributed by atoms with E-state index in [0.29, 0.717) is 36.3 Å². The zero-order valence-corrected chi connectivity index (χ0v) is 22.5. The lowest BCUT2D eigenvalue weighted by atomic mass is 10.0. The van der Waals surface area contributed by atoms with Crippen molar-refractivity contribution in [2.45, 2.75) is 86.5 Å². The number of rotatable bonds is 14. The van der Waals surface area contributed by atoms with Gasteiger partial charge in [0.05, 0.1) is 0 Å². The van der Waals surface area contributed by atoms with Crippen molar-refractivity contribution in [2.24, 2.45) is 0 Å². The van der Waals surface area contributed by atoms with Crippen molar-refractivity contribution in [1.29, 1.82) is 0 Å². The van der Waals surface area contributed by atoms with E-state index in [4.69, 9.17) is 9.47 Å². The minimum atomic E-state index is -0.838. The lowest BCUT2D eigenvalue weighted by molar-refractivity contribution is -0.133. The molecule has 1 aromatic rings. The molecule has 0 aliphatic rings. The minimum absolute atomic E-state index is 0.406. The van der Waals surface area contributed by atoms with Crippen LogP contribution >= 0.6 is 0 Å². The van der Waals surface area contributed by atoms with Gasteiger partial charge in [-0.05, 0) is 90.8 Å². The number of ether oxygens (including phenoxy) is 2. The third-order valence-electron chi connectivity index (χ3n) is 5.42.